The van der Waals surface area contributed by atoms with E-state index in [1.807, 2.05) is 49.4 Å². The largest absolute Gasteiger partial charge is 0.493 e. The Kier molecular flexibility index (Phi) is 6.67. The van der Waals surface area contributed by atoms with Gasteiger partial charge in [0.25, 0.3) is 0 Å². The third-order valence-corrected chi connectivity index (χ3v) is 5.68. The second-order valence-corrected chi connectivity index (χ2v) is 7.90. The Morgan fingerprint density at radius 1 is 1.16 bits per heavy atom. The Balaban J connectivity index is 1.26. The number of aryl methyl sites for hydroxylation is 1. The van der Waals surface area contributed by atoms with Crippen LogP contribution in [0.1, 0.15) is 23.4 Å². The number of rotatable bonds is 8. The SMILES string of the molecule is COC(=O)[C@H]1CN[C@@H](Cc2ccc(OCCc3nc(-c4ccccc4)oc3C)cc2)C1. The minimum absolute atomic E-state index is 0.0417. The monoisotopic (exact) mass is 420 g/mol. The molecule has 4 rings (SSSR count). The molecule has 0 bridgehead atoms. The molecule has 2 heterocycles. The molecule has 0 amide bonds. The molecule has 0 saturated carbocycles. The first-order valence-corrected chi connectivity index (χ1v) is 10.7. The second-order valence-electron chi connectivity index (χ2n) is 7.90. The van der Waals surface area contributed by atoms with E-state index in [1.165, 1.54) is 12.7 Å². The van der Waals surface area contributed by atoms with Crippen LogP contribution in [0.3, 0.4) is 0 Å². The van der Waals surface area contributed by atoms with Crippen molar-refractivity contribution in [2.75, 3.05) is 20.3 Å². The third-order valence-electron chi connectivity index (χ3n) is 5.68. The minimum atomic E-state index is -0.128. The van der Waals surface area contributed by atoms with E-state index in [-0.39, 0.29) is 11.9 Å². The lowest BCUT2D eigenvalue weighted by atomic mass is 10.00. The minimum Gasteiger partial charge on any atom is -0.493 e. The molecule has 1 N–H and O–H groups in total. The van der Waals surface area contributed by atoms with E-state index in [0.717, 1.165) is 35.6 Å². The Bertz CT molecular complexity index is 998. The Labute approximate surface area is 182 Å². The zero-order valence-corrected chi connectivity index (χ0v) is 18.0. The topological polar surface area (TPSA) is 73.6 Å². The van der Waals surface area contributed by atoms with E-state index >= 15 is 0 Å². The molecule has 2 aromatic carbocycles. The number of hydrogen-bond donors (Lipinski definition) is 1. The predicted octanol–water partition coefficient (Wildman–Crippen LogP) is 3.97. The van der Waals surface area contributed by atoms with E-state index in [0.29, 0.717) is 31.5 Å². The number of aromatic nitrogens is 1. The molecule has 1 aliphatic rings. The number of benzene rings is 2. The molecule has 3 aromatic rings. The van der Waals surface area contributed by atoms with Crippen LogP contribution in [0.2, 0.25) is 0 Å². The zero-order chi connectivity index (χ0) is 21.6. The van der Waals surface area contributed by atoms with Crippen LogP contribution in [0, 0.1) is 12.8 Å². The highest BCUT2D eigenvalue weighted by Gasteiger charge is 2.30. The summed E-state index contributed by atoms with van der Waals surface area (Å²) in [7, 11) is 1.44. The van der Waals surface area contributed by atoms with Crippen molar-refractivity contribution in [3.63, 3.8) is 0 Å². The van der Waals surface area contributed by atoms with Crippen molar-refractivity contribution >= 4 is 5.97 Å². The summed E-state index contributed by atoms with van der Waals surface area (Å²) in [5, 5.41) is 3.41. The molecule has 1 saturated heterocycles. The van der Waals surface area contributed by atoms with Gasteiger partial charge in [0.2, 0.25) is 5.89 Å². The average Bonchev–Trinajstić information content (AvgIpc) is 3.42. The first kappa shape index (κ1) is 21.1. The maximum absolute atomic E-state index is 11.7. The fraction of sp³-hybridized carbons (Fsp3) is 0.360. The van der Waals surface area contributed by atoms with Gasteiger partial charge in [-0.05, 0) is 49.6 Å². The highest BCUT2D eigenvalue weighted by molar-refractivity contribution is 5.73. The number of oxazole rings is 1. The van der Waals surface area contributed by atoms with Gasteiger partial charge in [0.1, 0.15) is 11.5 Å². The lowest BCUT2D eigenvalue weighted by Gasteiger charge is -2.11. The van der Waals surface area contributed by atoms with Crippen molar-refractivity contribution < 1.29 is 18.7 Å². The van der Waals surface area contributed by atoms with Gasteiger partial charge in [-0.1, -0.05) is 30.3 Å². The predicted molar refractivity (Wildman–Crippen MR) is 118 cm³/mol. The van der Waals surface area contributed by atoms with Gasteiger partial charge in [-0.3, -0.25) is 4.79 Å². The zero-order valence-electron chi connectivity index (χ0n) is 18.0. The molecule has 0 aliphatic carbocycles. The van der Waals surface area contributed by atoms with E-state index in [9.17, 15) is 4.79 Å². The van der Waals surface area contributed by atoms with Crippen LogP contribution in [-0.4, -0.2) is 37.3 Å². The molecule has 1 aromatic heterocycles. The standard InChI is InChI=1S/C25H28N2O4/c1-17-23(27-24(31-17)19-6-4-3-5-7-19)12-13-30-22-10-8-18(9-11-22)14-21-15-20(16-26-21)25(28)29-2/h3-11,20-21,26H,12-16H2,1-2H3/t20-,21+/m1/s1. The number of methoxy groups -OCH3 is 1. The summed E-state index contributed by atoms with van der Waals surface area (Å²) in [6.45, 7) is 3.16. The van der Waals surface area contributed by atoms with E-state index in [2.05, 4.69) is 22.4 Å². The van der Waals surface area contributed by atoms with Crippen molar-refractivity contribution in [3.8, 4) is 17.2 Å². The molecular weight excluding hydrogens is 392 g/mol. The number of carbonyl (C=O) groups is 1. The fourth-order valence-corrected chi connectivity index (χ4v) is 3.96. The first-order valence-electron chi connectivity index (χ1n) is 10.7. The Hall–Kier alpha value is -3.12. The number of nitrogens with one attached hydrogen (secondary N) is 1. The lowest BCUT2D eigenvalue weighted by Crippen LogP contribution is -2.23. The van der Waals surface area contributed by atoms with Gasteiger partial charge in [0.05, 0.1) is 25.3 Å². The normalized spacial score (nSPS) is 18.1. The highest BCUT2D eigenvalue weighted by Crippen LogP contribution is 2.23. The van der Waals surface area contributed by atoms with Crippen LogP contribution in [0.15, 0.2) is 59.0 Å². The molecule has 1 aliphatic heterocycles. The quantitative estimate of drug-likeness (QED) is 0.556. The molecule has 0 spiro atoms. The fourth-order valence-electron chi connectivity index (χ4n) is 3.96. The van der Waals surface area contributed by atoms with Crippen molar-refractivity contribution in [1.29, 1.82) is 0 Å². The van der Waals surface area contributed by atoms with Crippen LogP contribution in [0.5, 0.6) is 5.75 Å². The van der Waals surface area contributed by atoms with Gasteiger partial charge < -0.3 is 19.2 Å². The van der Waals surface area contributed by atoms with E-state index in [4.69, 9.17) is 13.9 Å². The average molecular weight is 421 g/mol. The molecule has 1 fully saturated rings. The Morgan fingerprint density at radius 3 is 2.68 bits per heavy atom. The number of carbonyl (C=O) groups excluding carboxylic acids is 1. The maximum atomic E-state index is 11.7. The van der Waals surface area contributed by atoms with E-state index < -0.39 is 0 Å². The number of hydrogen-bond acceptors (Lipinski definition) is 6. The van der Waals surface area contributed by atoms with Crippen LogP contribution in [-0.2, 0) is 22.4 Å². The van der Waals surface area contributed by atoms with Crippen molar-refractivity contribution in [1.82, 2.24) is 10.3 Å². The van der Waals surface area contributed by atoms with E-state index in [1.54, 1.807) is 0 Å². The van der Waals surface area contributed by atoms with Gasteiger partial charge in [0.15, 0.2) is 0 Å². The summed E-state index contributed by atoms with van der Waals surface area (Å²) < 4.78 is 16.6. The molecule has 6 heteroatoms. The summed E-state index contributed by atoms with van der Waals surface area (Å²) in [5.74, 6) is 2.14. The molecular formula is C25H28N2O4. The van der Waals surface area contributed by atoms with Crippen molar-refractivity contribution in [2.45, 2.75) is 32.2 Å². The Morgan fingerprint density at radius 2 is 1.94 bits per heavy atom. The highest BCUT2D eigenvalue weighted by atomic mass is 16.5. The van der Waals surface area contributed by atoms with Crippen LogP contribution in [0.4, 0.5) is 0 Å². The third kappa shape index (κ3) is 5.33. The number of esters is 1. The number of ether oxygens (including phenoxy) is 2. The molecule has 31 heavy (non-hydrogen) atoms. The van der Waals surface area contributed by atoms with Crippen molar-refractivity contribution in [3.05, 3.63) is 71.6 Å². The molecule has 0 unspecified atom stereocenters. The van der Waals surface area contributed by atoms with Gasteiger partial charge in [-0.25, -0.2) is 4.98 Å². The molecule has 2 atom stereocenters. The van der Waals surface area contributed by atoms with Crippen LogP contribution >= 0.6 is 0 Å². The first-order chi connectivity index (χ1) is 15.1. The maximum Gasteiger partial charge on any atom is 0.310 e. The summed E-state index contributed by atoms with van der Waals surface area (Å²) in [6, 6.07) is 18.3. The molecule has 162 valence electrons. The van der Waals surface area contributed by atoms with Gasteiger partial charge in [-0.15, -0.1) is 0 Å². The summed E-state index contributed by atoms with van der Waals surface area (Å²) >= 11 is 0. The summed E-state index contributed by atoms with van der Waals surface area (Å²) in [6.07, 6.45) is 2.38. The van der Waals surface area contributed by atoms with Gasteiger partial charge >= 0.3 is 5.97 Å². The second kappa shape index (κ2) is 9.79. The van der Waals surface area contributed by atoms with Crippen molar-refractivity contribution in [2.24, 2.45) is 5.92 Å². The lowest BCUT2D eigenvalue weighted by molar-refractivity contribution is -0.144. The van der Waals surface area contributed by atoms with Crippen LogP contribution in [0.25, 0.3) is 11.5 Å². The summed E-state index contributed by atoms with van der Waals surface area (Å²) in [5.41, 5.74) is 3.11. The summed E-state index contributed by atoms with van der Waals surface area (Å²) in [4.78, 5) is 16.3. The molecule has 0 radical (unpaired) electrons. The smallest absolute Gasteiger partial charge is 0.310 e. The van der Waals surface area contributed by atoms with Gasteiger partial charge in [-0.2, -0.15) is 0 Å². The molecule has 6 nitrogen and oxygen atoms in total. The van der Waals surface area contributed by atoms with Crippen LogP contribution < -0.4 is 10.1 Å². The van der Waals surface area contributed by atoms with Gasteiger partial charge in [0, 0.05) is 24.6 Å². The number of nitrogens with zero attached hydrogens (tertiary/aromatic N) is 1.